The normalized spacial score (nSPS) is 16.5. The van der Waals surface area contributed by atoms with E-state index in [1.807, 2.05) is 62.5 Å². The number of ether oxygens (including phenoxy) is 2. The largest absolute Gasteiger partial charge is 0.490 e. The van der Waals surface area contributed by atoms with Crippen molar-refractivity contribution in [2.45, 2.75) is 64.9 Å². The summed E-state index contributed by atoms with van der Waals surface area (Å²) in [4.78, 5) is 29.3. The molecule has 2 aromatic heterocycles. The number of hydrogen-bond acceptors (Lipinski definition) is 9. The van der Waals surface area contributed by atoms with Crippen LogP contribution in [0.25, 0.3) is 0 Å². The first-order chi connectivity index (χ1) is 25.7. The molecule has 0 radical (unpaired) electrons. The molecule has 0 unspecified atom stereocenters. The molecule has 2 aliphatic heterocycles. The number of rotatable bonds is 11. The van der Waals surface area contributed by atoms with Crippen LogP contribution < -0.4 is 14.4 Å². The summed E-state index contributed by atoms with van der Waals surface area (Å²) in [7, 11) is 0. The van der Waals surface area contributed by atoms with Crippen LogP contribution in [0.15, 0.2) is 91.1 Å². The molecule has 53 heavy (non-hydrogen) atoms. The molecule has 4 heterocycles. The first-order valence-electron chi connectivity index (χ1n) is 18.1. The van der Waals surface area contributed by atoms with Crippen LogP contribution in [0.5, 0.6) is 17.5 Å². The molecule has 0 atom stereocenters. The number of fused-ring (bicyclic) bond motifs is 1. The predicted molar refractivity (Wildman–Crippen MR) is 200 cm³/mol. The van der Waals surface area contributed by atoms with Crippen LogP contribution in [-0.2, 0) is 26.1 Å². The molecule has 12 heteroatoms. The van der Waals surface area contributed by atoms with E-state index < -0.39 is 5.82 Å². The number of hydrogen-bond donors (Lipinski definition) is 0. The van der Waals surface area contributed by atoms with Gasteiger partial charge in [0.15, 0.2) is 11.0 Å². The number of benzene rings is 3. The molecule has 3 aliphatic rings. The molecule has 272 valence electrons. The quantitative estimate of drug-likeness (QED) is 0.137. The molecular weight excluding hydrogens is 693 g/mol. The van der Waals surface area contributed by atoms with E-state index in [1.165, 1.54) is 29.3 Å². The summed E-state index contributed by atoms with van der Waals surface area (Å²) in [5.41, 5.74) is 4.75. The molecule has 1 amide bonds. The number of nitrogens with zero attached hydrogens (tertiary/aromatic N) is 7. The summed E-state index contributed by atoms with van der Waals surface area (Å²) in [6.07, 6.45) is 4.73. The van der Waals surface area contributed by atoms with Gasteiger partial charge in [-0.15, -0.1) is 5.10 Å². The standard InChI is InChI=1S/C41H41ClFN7O3/c1-27(2)50(23-29-11-7-4-8-12-29)39(51)32-19-30(43)13-14-35(32)53-40-45-38(37(42)46-47-40)49-25-41(26-49)20-31(21-41)52-36-15-17-44-34-16-18-48(24-33(34)36)22-28-9-5-3-6-10-28/h3-15,17,19,27,31H,16,18,20-26H2,1-2H3. The molecule has 10 nitrogen and oxygen atoms in total. The fourth-order valence-corrected chi connectivity index (χ4v) is 7.91. The Kier molecular flexibility index (Phi) is 9.70. The van der Waals surface area contributed by atoms with Crippen molar-refractivity contribution in [3.63, 3.8) is 0 Å². The van der Waals surface area contributed by atoms with Crippen LogP contribution in [-0.4, -0.2) is 67.7 Å². The van der Waals surface area contributed by atoms with Gasteiger partial charge in [0.05, 0.1) is 5.56 Å². The van der Waals surface area contributed by atoms with E-state index >= 15 is 0 Å². The van der Waals surface area contributed by atoms with Gasteiger partial charge in [-0.3, -0.25) is 14.7 Å². The fraction of sp³-hybridized carbons (Fsp3) is 0.341. The van der Waals surface area contributed by atoms with Crippen LogP contribution in [0.4, 0.5) is 10.2 Å². The zero-order chi connectivity index (χ0) is 36.5. The highest BCUT2D eigenvalue weighted by atomic mass is 35.5. The third kappa shape index (κ3) is 7.54. The van der Waals surface area contributed by atoms with Crippen LogP contribution in [0.1, 0.15) is 59.4 Å². The smallest absolute Gasteiger partial charge is 0.343 e. The second kappa shape index (κ2) is 14.7. The summed E-state index contributed by atoms with van der Waals surface area (Å²) in [5, 5.41) is 8.32. The number of anilines is 1. The highest BCUT2D eigenvalue weighted by molar-refractivity contribution is 6.31. The lowest BCUT2D eigenvalue weighted by Gasteiger charge is -2.58. The molecule has 5 aromatic rings. The summed E-state index contributed by atoms with van der Waals surface area (Å²) in [6, 6.07) is 25.8. The molecule has 1 saturated carbocycles. The van der Waals surface area contributed by atoms with Gasteiger partial charge in [-0.2, -0.15) is 4.98 Å². The third-order valence-electron chi connectivity index (χ3n) is 10.4. The number of amides is 1. The van der Waals surface area contributed by atoms with Gasteiger partial charge in [0, 0.05) is 74.6 Å². The highest BCUT2D eigenvalue weighted by Gasteiger charge is 2.54. The predicted octanol–water partition coefficient (Wildman–Crippen LogP) is 7.51. The van der Waals surface area contributed by atoms with E-state index in [0.717, 1.165) is 69.0 Å². The van der Waals surface area contributed by atoms with E-state index in [0.29, 0.717) is 12.4 Å². The Morgan fingerprint density at radius 3 is 2.45 bits per heavy atom. The maximum atomic E-state index is 14.5. The molecule has 0 N–H and O–H groups in total. The maximum Gasteiger partial charge on any atom is 0.343 e. The monoisotopic (exact) mass is 733 g/mol. The Labute approximate surface area is 313 Å². The van der Waals surface area contributed by atoms with Crippen LogP contribution >= 0.6 is 11.6 Å². The fourth-order valence-electron chi connectivity index (χ4n) is 7.71. The zero-order valence-electron chi connectivity index (χ0n) is 29.8. The van der Waals surface area contributed by atoms with Crippen LogP contribution in [0.2, 0.25) is 5.15 Å². The number of halogens is 2. The average molecular weight is 734 g/mol. The second-order valence-corrected chi connectivity index (χ2v) is 15.0. The molecule has 1 aliphatic carbocycles. The lowest BCUT2D eigenvalue weighted by atomic mass is 9.61. The molecule has 0 bridgehead atoms. The second-order valence-electron chi connectivity index (χ2n) is 14.6. The van der Waals surface area contributed by atoms with E-state index in [2.05, 4.69) is 54.2 Å². The Morgan fingerprint density at radius 2 is 1.72 bits per heavy atom. The Bertz CT molecular complexity index is 2090. The maximum absolute atomic E-state index is 14.5. The van der Waals surface area contributed by atoms with Gasteiger partial charge in [-0.05, 0) is 62.1 Å². The van der Waals surface area contributed by atoms with Crippen molar-refractivity contribution in [3.8, 4) is 17.5 Å². The first kappa shape index (κ1) is 34.9. The van der Waals surface area contributed by atoms with Crippen molar-refractivity contribution < 1.29 is 18.7 Å². The van der Waals surface area contributed by atoms with Gasteiger partial charge in [-0.1, -0.05) is 77.4 Å². The van der Waals surface area contributed by atoms with Crippen molar-refractivity contribution in [3.05, 3.63) is 130 Å². The summed E-state index contributed by atoms with van der Waals surface area (Å²) in [6.45, 7) is 8.38. The summed E-state index contributed by atoms with van der Waals surface area (Å²) in [5.74, 6) is 0.594. The van der Waals surface area contributed by atoms with Gasteiger partial charge in [0.1, 0.15) is 23.4 Å². The minimum Gasteiger partial charge on any atom is -0.490 e. The Balaban J connectivity index is 0.906. The van der Waals surface area contributed by atoms with E-state index in [-0.39, 0.29) is 45.9 Å². The van der Waals surface area contributed by atoms with Crippen molar-refractivity contribution >= 4 is 23.3 Å². The van der Waals surface area contributed by atoms with Gasteiger partial charge in [0.25, 0.3) is 5.91 Å². The zero-order valence-corrected chi connectivity index (χ0v) is 30.5. The third-order valence-corrected chi connectivity index (χ3v) is 10.7. The van der Waals surface area contributed by atoms with E-state index in [9.17, 15) is 9.18 Å². The van der Waals surface area contributed by atoms with Gasteiger partial charge >= 0.3 is 6.01 Å². The average Bonchev–Trinajstić information content (AvgIpc) is 3.13. The van der Waals surface area contributed by atoms with Gasteiger partial charge < -0.3 is 19.3 Å². The summed E-state index contributed by atoms with van der Waals surface area (Å²) < 4.78 is 27.2. The van der Waals surface area contributed by atoms with Crippen LogP contribution in [0.3, 0.4) is 0 Å². The first-order valence-corrected chi connectivity index (χ1v) is 18.5. The van der Waals surface area contributed by atoms with E-state index in [4.69, 9.17) is 21.1 Å². The van der Waals surface area contributed by atoms with Crippen molar-refractivity contribution in [2.75, 3.05) is 24.5 Å². The number of carbonyl (C=O) groups excluding carboxylic acids is 1. The molecule has 2 fully saturated rings. The summed E-state index contributed by atoms with van der Waals surface area (Å²) >= 11 is 6.50. The number of pyridine rings is 1. The number of carbonyl (C=O) groups is 1. The molecule has 1 saturated heterocycles. The van der Waals surface area contributed by atoms with Crippen molar-refractivity contribution in [1.29, 1.82) is 0 Å². The Hall–Kier alpha value is -5.13. The van der Waals surface area contributed by atoms with E-state index in [1.54, 1.807) is 4.90 Å². The van der Waals surface area contributed by atoms with Crippen molar-refractivity contribution in [2.24, 2.45) is 5.41 Å². The topological polar surface area (TPSA) is 96.8 Å². The Morgan fingerprint density at radius 1 is 0.981 bits per heavy atom. The van der Waals surface area contributed by atoms with Crippen LogP contribution in [0, 0.1) is 11.2 Å². The van der Waals surface area contributed by atoms with Gasteiger partial charge in [0.2, 0.25) is 0 Å². The highest BCUT2D eigenvalue weighted by Crippen LogP contribution is 2.51. The molecule has 1 spiro atoms. The molecule has 3 aromatic carbocycles. The molecular formula is C41H41ClFN7O3. The SMILES string of the molecule is CC(C)N(Cc1ccccc1)C(=O)c1cc(F)ccc1Oc1nnc(Cl)c(N2CC3(CC(Oc4ccnc5c4CN(Cc4ccccc4)CC5)C3)C2)n1. The van der Waals surface area contributed by atoms with Crippen molar-refractivity contribution in [1.82, 2.24) is 30.0 Å². The lowest BCUT2D eigenvalue weighted by Crippen LogP contribution is -2.65. The van der Waals surface area contributed by atoms with Gasteiger partial charge in [-0.25, -0.2) is 4.39 Å². The lowest BCUT2D eigenvalue weighted by molar-refractivity contribution is -0.0352. The minimum atomic E-state index is -0.553. The number of aromatic nitrogens is 4. The minimum absolute atomic E-state index is 0.0671. The molecule has 8 rings (SSSR count).